The first-order valence-electron chi connectivity index (χ1n) is 3.93. The minimum Gasteiger partial charge on any atom is -0.377 e. The van der Waals surface area contributed by atoms with Crippen molar-refractivity contribution in [1.29, 1.82) is 0 Å². The van der Waals surface area contributed by atoms with Crippen LogP contribution in [0.15, 0.2) is 18.2 Å². The van der Waals surface area contributed by atoms with Crippen LogP contribution >= 0.6 is 11.6 Å². The standard InChI is InChI=1S/C10H11ClO2/c1-7-3-4-8(9(11)5-7)10(12)6-13-2/h3-5H,6H2,1-2H3. The van der Waals surface area contributed by atoms with Crippen LogP contribution in [0.4, 0.5) is 0 Å². The number of halogens is 1. The van der Waals surface area contributed by atoms with E-state index in [9.17, 15) is 4.79 Å². The van der Waals surface area contributed by atoms with Crippen LogP contribution in [0.3, 0.4) is 0 Å². The van der Waals surface area contributed by atoms with Gasteiger partial charge in [-0.05, 0) is 24.6 Å². The van der Waals surface area contributed by atoms with Gasteiger partial charge in [0.15, 0.2) is 5.78 Å². The van der Waals surface area contributed by atoms with Gasteiger partial charge < -0.3 is 4.74 Å². The molecule has 1 aromatic carbocycles. The summed E-state index contributed by atoms with van der Waals surface area (Å²) in [5, 5.41) is 0.488. The molecule has 2 nitrogen and oxygen atoms in total. The molecule has 0 atom stereocenters. The highest BCUT2D eigenvalue weighted by Crippen LogP contribution is 2.17. The number of ketones is 1. The zero-order valence-corrected chi connectivity index (χ0v) is 8.39. The van der Waals surface area contributed by atoms with Crippen molar-refractivity contribution >= 4 is 17.4 Å². The van der Waals surface area contributed by atoms with Crippen molar-refractivity contribution in [2.45, 2.75) is 6.92 Å². The Balaban J connectivity index is 2.95. The topological polar surface area (TPSA) is 26.3 Å². The van der Waals surface area contributed by atoms with Crippen LogP contribution in [0.25, 0.3) is 0 Å². The number of ether oxygens (including phenoxy) is 1. The Hall–Kier alpha value is -0.860. The zero-order chi connectivity index (χ0) is 9.84. The molecule has 3 heteroatoms. The molecule has 0 fully saturated rings. The van der Waals surface area contributed by atoms with Crippen LogP contribution in [-0.2, 0) is 4.74 Å². The highest BCUT2D eigenvalue weighted by Gasteiger charge is 2.09. The van der Waals surface area contributed by atoms with Crippen molar-refractivity contribution in [3.05, 3.63) is 34.3 Å². The number of hydrogen-bond acceptors (Lipinski definition) is 2. The number of Topliss-reactive ketones (excluding diaryl/α,β-unsaturated/α-hetero) is 1. The van der Waals surface area contributed by atoms with Gasteiger partial charge in [-0.25, -0.2) is 0 Å². The molecule has 0 heterocycles. The lowest BCUT2D eigenvalue weighted by atomic mass is 10.1. The Labute approximate surface area is 82.5 Å². The molecule has 0 aliphatic carbocycles. The molecule has 0 aromatic heterocycles. The molecule has 0 unspecified atom stereocenters. The molecular weight excluding hydrogens is 188 g/mol. The summed E-state index contributed by atoms with van der Waals surface area (Å²) in [5.74, 6) is -0.0903. The van der Waals surface area contributed by atoms with Gasteiger partial charge in [-0.3, -0.25) is 4.79 Å². The number of rotatable bonds is 3. The van der Waals surface area contributed by atoms with Gasteiger partial charge in [0.1, 0.15) is 6.61 Å². The minimum atomic E-state index is -0.0903. The maximum Gasteiger partial charge on any atom is 0.189 e. The molecule has 0 N–H and O–H groups in total. The van der Waals surface area contributed by atoms with E-state index in [0.717, 1.165) is 5.56 Å². The zero-order valence-electron chi connectivity index (χ0n) is 7.63. The lowest BCUT2D eigenvalue weighted by molar-refractivity contribution is 0.0848. The first kappa shape index (κ1) is 10.2. The van der Waals surface area contributed by atoms with Crippen molar-refractivity contribution < 1.29 is 9.53 Å². The molecule has 0 aliphatic heterocycles. The number of carbonyl (C=O) groups excluding carboxylic acids is 1. The largest absolute Gasteiger partial charge is 0.377 e. The molecule has 13 heavy (non-hydrogen) atoms. The Morgan fingerprint density at radius 3 is 2.77 bits per heavy atom. The second-order valence-electron chi connectivity index (χ2n) is 2.84. The van der Waals surface area contributed by atoms with E-state index in [2.05, 4.69) is 0 Å². The summed E-state index contributed by atoms with van der Waals surface area (Å²) in [5.41, 5.74) is 1.56. The molecule has 1 rings (SSSR count). The lowest BCUT2D eigenvalue weighted by Gasteiger charge is -2.02. The number of hydrogen-bond donors (Lipinski definition) is 0. The molecule has 0 saturated carbocycles. The van der Waals surface area contributed by atoms with Gasteiger partial charge in [0.2, 0.25) is 0 Å². The maximum absolute atomic E-state index is 11.4. The van der Waals surface area contributed by atoms with Gasteiger partial charge in [-0.1, -0.05) is 17.7 Å². The molecule has 0 radical (unpaired) electrons. The molecule has 0 bridgehead atoms. The van der Waals surface area contributed by atoms with Gasteiger partial charge in [0.25, 0.3) is 0 Å². The fourth-order valence-electron chi connectivity index (χ4n) is 1.06. The fourth-order valence-corrected chi connectivity index (χ4v) is 1.40. The van der Waals surface area contributed by atoms with Crippen molar-refractivity contribution in [2.75, 3.05) is 13.7 Å². The van der Waals surface area contributed by atoms with Gasteiger partial charge in [-0.15, -0.1) is 0 Å². The van der Waals surface area contributed by atoms with Crippen LogP contribution in [0.5, 0.6) is 0 Å². The second kappa shape index (κ2) is 4.40. The Bertz CT molecular complexity index is 321. The van der Waals surface area contributed by atoms with Crippen LogP contribution in [0, 0.1) is 6.92 Å². The summed E-state index contributed by atoms with van der Waals surface area (Å²) in [4.78, 5) is 11.4. The summed E-state index contributed by atoms with van der Waals surface area (Å²) in [6, 6.07) is 5.35. The summed E-state index contributed by atoms with van der Waals surface area (Å²) >= 11 is 5.88. The van der Waals surface area contributed by atoms with E-state index in [0.29, 0.717) is 10.6 Å². The van der Waals surface area contributed by atoms with Gasteiger partial charge >= 0.3 is 0 Å². The highest BCUT2D eigenvalue weighted by atomic mass is 35.5. The molecule has 0 saturated heterocycles. The normalized spacial score (nSPS) is 10.1. The summed E-state index contributed by atoms with van der Waals surface area (Å²) < 4.78 is 4.74. The molecular formula is C10H11ClO2. The van der Waals surface area contributed by atoms with Gasteiger partial charge in [0, 0.05) is 12.7 Å². The van der Waals surface area contributed by atoms with E-state index in [1.807, 2.05) is 13.0 Å². The van der Waals surface area contributed by atoms with E-state index in [-0.39, 0.29) is 12.4 Å². The summed E-state index contributed by atoms with van der Waals surface area (Å²) in [6.07, 6.45) is 0. The average molecular weight is 199 g/mol. The average Bonchev–Trinajstić information content (AvgIpc) is 2.04. The van der Waals surface area contributed by atoms with E-state index in [1.165, 1.54) is 7.11 Å². The van der Waals surface area contributed by atoms with E-state index in [4.69, 9.17) is 16.3 Å². The second-order valence-corrected chi connectivity index (χ2v) is 3.25. The lowest BCUT2D eigenvalue weighted by Crippen LogP contribution is -2.07. The number of methoxy groups -OCH3 is 1. The predicted molar refractivity (Wildman–Crippen MR) is 52.4 cm³/mol. The van der Waals surface area contributed by atoms with Crippen molar-refractivity contribution in [2.24, 2.45) is 0 Å². The first-order chi connectivity index (χ1) is 6.15. The Kier molecular flexibility index (Phi) is 3.46. The third kappa shape index (κ3) is 2.54. The third-order valence-electron chi connectivity index (χ3n) is 1.70. The molecule has 0 aliphatic rings. The Morgan fingerprint density at radius 1 is 1.54 bits per heavy atom. The summed E-state index contributed by atoms with van der Waals surface area (Å²) in [6.45, 7) is 2.00. The van der Waals surface area contributed by atoms with E-state index >= 15 is 0 Å². The van der Waals surface area contributed by atoms with Crippen LogP contribution in [-0.4, -0.2) is 19.5 Å². The van der Waals surface area contributed by atoms with Gasteiger partial charge in [0.05, 0.1) is 5.02 Å². The molecule has 0 spiro atoms. The molecule has 1 aromatic rings. The van der Waals surface area contributed by atoms with Crippen molar-refractivity contribution in [3.63, 3.8) is 0 Å². The number of aryl methyl sites for hydroxylation is 1. The number of carbonyl (C=O) groups is 1. The highest BCUT2D eigenvalue weighted by molar-refractivity contribution is 6.34. The van der Waals surface area contributed by atoms with Crippen LogP contribution in [0.1, 0.15) is 15.9 Å². The Morgan fingerprint density at radius 2 is 2.23 bits per heavy atom. The smallest absolute Gasteiger partial charge is 0.189 e. The monoisotopic (exact) mass is 198 g/mol. The van der Waals surface area contributed by atoms with E-state index in [1.54, 1.807) is 12.1 Å². The molecule has 70 valence electrons. The number of benzene rings is 1. The van der Waals surface area contributed by atoms with Crippen LogP contribution < -0.4 is 0 Å². The first-order valence-corrected chi connectivity index (χ1v) is 4.31. The van der Waals surface area contributed by atoms with Crippen molar-refractivity contribution in [1.82, 2.24) is 0 Å². The SMILES string of the molecule is COCC(=O)c1ccc(C)cc1Cl. The van der Waals surface area contributed by atoms with E-state index < -0.39 is 0 Å². The predicted octanol–water partition coefficient (Wildman–Crippen LogP) is 2.48. The van der Waals surface area contributed by atoms with Crippen molar-refractivity contribution in [3.8, 4) is 0 Å². The van der Waals surface area contributed by atoms with Crippen LogP contribution in [0.2, 0.25) is 5.02 Å². The quantitative estimate of drug-likeness (QED) is 0.698. The minimum absolute atomic E-state index is 0.0722. The summed E-state index contributed by atoms with van der Waals surface area (Å²) in [7, 11) is 1.49. The maximum atomic E-state index is 11.4. The van der Waals surface area contributed by atoms with Gasteiger partial charge in [-0.2, -0.15) is 0 Å². The third-order valence-corrected chi connectivity index (χ3v) is 2.01. The molecule has 0 amide bonds. The fraction of sp³-hybridized carbons (Fsp3) is 0.300.